The summed E-state index contributed by atoms with van der Waals surface area (Å²) in [7, 11) is 0. The van der Waals surface area contributed by atoms with Crippen molar-refractivity contribution in [3.05, 3.63) is 41.4 Å². The van der Waals surface area contributed by atoms with E-state index < -0.39 is 0 Å². The molecule has 4 heterocycles. The van der Waals surface area contributed by atoms with E-state index >= 15 is 0 Å². The highest BCUT2D eigenvalue weighted by molar-refractivity contribution is 7.99. The maximum absolute atomic E-state index is 12.8. The second-order valence-corrected chi connectivity index (χ2v) is 9.60. The van der Waals surface area contributed by atoms with Gasteiger partial charge in [-0.15, -0.1) is 11.8 Å². The average Bonchev–Trinajstić information content (AvgIpc) is 3.12. The van der Waals surface area contributed by atoms with E-state index in [-0.39, 0.29) is 5.91 Å². The zero-order valence-electron chi connectivity index (χ0n) is 18.6. The lowest BCUT2D eigenvalue weighted by Gasteiger charge is -2.39. The first-order valence-electron chi connectivity index (χ1n) is 11.3. The number of likely N-dealkylation sites (tertiary alicyclic amines) is 1. The number of piperidine rings is 1. The molecule has 7 nitrogen and oxygen atoms in total. The Bertz CT molecular complexity index is 831. The fourth-order valence-electron chi connectivity index (χ4n) is 4.55. The van der Waals surface area contributed by atoms with Crippen LogP contribution in [-0.2, 0) is 10.5 Å². The molecule has 1 unspecified atom stereocenters. The first-order valence-corrected chi connectivity index (χ1v) is 12.4. The second-order valence-electron chi connectivity index (χ2n) is 8.62. The van der Waals surface area contributed by atoms with Gasteiger partial charge in [0, 0.05) is 63.3 Å². The van der Waals surface area contributed by atoms with Crippen molar-refractivity contribution in [3.63, 3.8) is 0 Å². The number of pyridine rings is 1. The Labute approximate surface area is 189 Å². The molecule has 2 aliphatic rings. The molecule has 2 aromatic rings. The number of aryl methyl sites for hydroxylation is 2. The van der Waals surface area contributed by atoms with E-state index in [1.54, 1.807) is 11.8 Å². The van der Waals surface area contributed by atoms with E-state index in [9.17, 15) is 4.79 Å². The summed E-state index contributed by atoms with van der Waals surface area (Å²) in [5.74, 6) is 4.09. The molecule has 1 amide bonds. The predicted octanol–water partition coefficient (Wildman–Crippen LogP) is 2.98. The summed E-state index contributed by atoms with van der Waals surface area (Å²) < 4.78 is 5.22. The summed E-state index contributed by atoms with van der Waals surface area (Å²) in [6, 6.07) is 6.10. The monoisotopic (exact) mass is 443 g/mol. The largest absolute Gasteiger partial charge is 0.361 e. The highest BCUT2D eigenvalue weighted by Gasteiger charge is 2.27. The molecule has 0 spiro atoms. The zero-order chi connectivity index (χ0) is 21.6. The summed E-state index contributed by atoms with van der Waals surface area (Å²) in [5.41, 5.74) is 2.05. The minimum absolute atomic E-state index is 0.265. The first kappa shape index (κ1) is 22.1. The topological polar surface area (TPSA) is 65.7 Å². The molecule has 0 radical (unpaired) electrons. The molecular weight excluding hydrogens is 410 g/mol. The van der Waals surface area contributed by atoms with Crippen LogP contribution in [0.2, 0.25) is 0 Å². The molecule has 0 bridgehead atoms. The van der Waals surface area contributed by atoms with Gasteiger partial charge in [0.2, 0.25) is 5.91 Å². The van der Waals surface area contributed by atoms with Gasteiger partial charge in [0.25, 0.3) is 0 Å². The van der Waals surface area contributed by atoms with E-state index in [1.165, 1.54) is 6.42 Å². The van der Waals surface area contributed by atoms with Gasteiger partial charge >= 0.3 is 0 Å². The number of anilines is 1. The maximum Gasteiger partial charge on any atom is 0.232 e. The number of rotatable bonds is 7. The molecule has 0 N–H and O–H groups in total. The second kappa shape index (κ2) is 10.5. The predicted molar refractivity (Wildman–Crippen MR) is 124 cm³/mol. The number of nitrogens with zero attached hydrogens (tertiary/aromatic N) is 5. The van der Waals surface area contributed by atoms with Crippen molar-refractivity contribution in [3.8, 4) is 0 Å². The van der Waals surface area contributed by atoms with E-state index in [1.807, 2.05) is 26.1 Å². The smallest absolute Gasteiger partial charge is 0.232 e. The number of piperazine rings is 1. The minimum Gasteiger partial charge on any atom is -0.361 e. The molecule has 31 heavy (non-hydrogen) atoms. The van der Waals surface area contributed by atoms with Crippen molar-refractivity contribution in [2.24, 2.45) is 5.92 Å². The van der Waals surface area contributed by atoms with Crippen molar-refractivity contribution < 1.29 is 9.32 Å². The molecule has 2 aliphatic heterocycles. The third kappa shape index (κ3) is 5.80. The number of hydrogen-bond donors (Lipinski definition) is 0. The van der Waals surface area contributed by atoms with Crippen LogP contribution in [0.25, 0.3) is 0 Å². The first-order chi connectivity index (χ1) is 15.1. The quantitative estimate of drug-likeness (QED) is 0.652. The average molecular weight is 444 g/mol. The van der Waals surface area contributed by atoms with Crippen molar-refractivity contribution >= 4 is 23.5 Å². The van der Waals surface area contributed by atoms with Gasteiger partial charge in [-0.2, -0.15) is 0 Å². The zero-order valence-corrected chi connectivity index (χ0v) is 19.4. The van der Waals surface area contributed by atoms with Crippen molar-refractivity contribution in [1.29, 1.82) is 0 Å². The van der Waals surface area contributed by atoms with E-state index in [0.29, 0.717) is 11.7 Å². The van der Waals surface area contributed by atoms with Crippen LogP contribution in [0.4, 0.5) is 5.82 Å². The van der Waals surface area contributed by atoms with Crippen LogP contribution in [0.1, 0.15) is 29.9 Å². The SMILES string of the molecule is Cc1noc(C)c1CSCC(=O)N1CCCC(CN2CCN(c3ccccn3)CC2)C1. The lowest BCUT2D eigenvalue weighted by Crippen LogP contribution is -2.50. The molecule has 168 valence electrons. The Hall–Kier alpha value is -2.06. The number of carbonyl (C=O) groups excluding carboxylic acids is 1. The Kier molecular flexibility index (Phi) is 7.50. The highest BCUT2D eigenvalue weighted by Crippen LogP contribution is 2.23. The standard InChI is InChI=1S/C23H33N5O2S/c1-18-21(19(2)30-25-18)16-31-17-23(29)28-9-5-6-20(15-28)14-26-10-12-27(13-11-26)22-7-3-4-8-24-22/h3-4,7-8,20H,5-6,9-17H2,1-2H3. The van der Waals surface area contributed by atoms with Gasteiger partial charge in [-0.1, -0.05) is 11.2 Å². The molecule has 2 aromatic heterocycles. The summed E-state index contributed by atoms with van der Waals surface area (Å²) in [4.78, 5) is 24.3. The van der Waals surface area contributed by atoms with Crippen LogP contribution >= 0.6 is 11.8 Å². The summed E-state index contributed by atoms with van der Waals surface area (Å²) in [6.45, 7) is 10.9. The molecule has 1 atom stereocenters. The van der Waals surface area contributed by atoms with Crippen LogP contribution in [0.15, 0.2) is 28.9 Å². The number of carbonyl (C=O) groups is 1. The summed E-state index contributed by atoms with van der Waals surface area (Å²) in [5, 5.41) is 4.00. The lowest BCUT2D eigenvalue weighted by atomic mass is 9.97. The molecule has 8 heteroatoms. The van der Waals surface area contributed by atoms with E-state index in [4.69, 9.17) is 4.52 Å². The van der Waals surface area contributed by atoms with Crippen LogP contribution in [0.3, 0.4) is 0 Å². The van der Waals surface area contributed by atoms with Crippen LogP contribution in [-0.4, -0.2) is 77.4 Å². The maximum atomic E-state index is 12.8. The van der Waals surface area contributed by atoms with E-state index in [2.05, 4.69) is 37.0 Å². The Balaban J connectivity index is 1.19. The summed E-state index contributed by atoms with van der Waals surface area (Å²) in [6.07, 6.45) is 4.19. The minimum atomic E-state index is 0.265. The summed E-state index contributed by atoms with van der Waals surface area (Å²) >= 11 is 1.66. The third-order valence-electron chi connectivity index (χ3n) is 6.39. The highest BCUT2D eigenvalue weighted by atomic mass is 32.2. The number of hydrogen-bond acceptors (Lipinski definition) is 7. The molecule has 0 saturated carbocycles. The Morgan fingerprint density at radius 2 is 2.03 bits per heavy atom. The van der Waals surface area contributed by atoms with Gasteiger partial charge in [0.05, 0.1) is 11.4 Å². The lowest BCUT2D eigenvalue weighted by molar-refractivity contribution is -0.130. The van der Waals surface area contributed by atoms with Crippen molar-refractivity contribution in [1.82, 2.24) is 19.9 Å². The van der Waals surface area contributed by atoms with Crippen LogP contribution < -0.4 is 4.90 Å². The number of amides is 1. The molecule has 2 fully saturated rings. The van der Waals surface area contributed by atoms with Crippen LogP contribution in [0, 0.1) is 19.8 Å². The number of aromatic nitrogens is 2. The third-order valence-corrected chi connectivity index (χ3v) is 7.33. The van der Waals surface area contributed by atoms with Crippen molar-refractivity contribution in [2.75, 3.05) is 56.5 Å². The van der Waals surface area contributed by atoms with Crippen LogP contribution in [0.5, 0.6) is 0 Å². The fraction of sp³-hybridized carbons (Fsp3) is 0.609. The fourth-order valence-corrected chi connectivity index (χ4v) is 5.62. The molecule has 0 aromatic carbocycles. The molecule has 4 rings (SSSR count). The molecule has 2 saturated heterocycles. The van der Waals surface area contributed by atoms with Gasteiger partial charge in [-0.05, 0) is 44.7 Å². The Morgan fingerprint density at radius 1 is 1.19 bits per heavy atom. The molecular formula is C23H33N5O2S. The number of thioether (sulfide) groups is 1. The van der Waals surface area contributed by atoms with Gasteiger partial charge < -0.3 is 14.3 Å². The van der Waals surface area contributed by atoms with Crippen molar-refractivity contribution in [2.45, 2.75) is 32.4 Å². The van der Waals surface area contributed by atoms with Gasteiger partial charge in [0.15, 0.2) is 0 Å². The van der Waals surface area contributed by atoms with Gasteiger partial charge in [0.1, 0.15) is 11.6 Å². The Morgan fingerprint density at radius 3 is 2.74 bits per heavy atom. The normalized spacial score (nSPS) is 20.3. The van der Waals surface area contributed by atoms with Gasteiger partial charge in [-0.3, -0.25) is 9.69 Å². The van der Waals surface area contributed by atoms with E-state index in [0.717, 1.165) is 80.8 Å². The molecule has 0 aliphatic carbocycles. The van der Waals surface area contributed by atoms with Gasteiger partial charge in [-0.25, -0.2) is 4.98 Å².